The minimum absolute atomic E-state index is 0.402. The van der Waals surface area contributed by atoms with Crippen molar-refractivity contribution in [2.45, 2.75) is 6.92 Å². The summed E-state index contributed by atoms with van der Waals surface area (Å²) in [5.41, 5.74) is 9.71. The van der Waals surface area contributed by atoms with Crippen molar-refractivity contribution in [2.24, 2.45) is 0 Å². The molecule has 4 nitrogen and oxygen atoms in total. The third-order valence-electron chi connectivity index (χ3n) is 2.91. The molecule has 3 N–H and O–H groups in total. The van der Waals surface area contributed by atoms with Crippen LogP contribution < -0.4 is 11.1 Å². The molecular weight excluding hydrogens is 236 g/mol. The van der Waals surface area contributed by atoms with Crippen LogP contribution in [0.4, 0.5) is 17.3 Å². The van der Waals surface area contributed by atoms with Crippen LogP contribution in [-0.2, 0) is 0 Å². The SMILES string of the molecule is Cc1ccc(Nc2nc3ccccc3nc2N)cc1. The van der Waals surface area contributed by atoms with Gasteiger partial charge in [0.2, 0.25) is 0 Å². The van der Waals surface area contributed by atoms with Crippen molar-refractivity contribution in [3.8, 4) is 0 Å². The van der Waals surface area contributed by atoms with E-state index >= 15 is 0 Å². The number of nitrogen functional groups attached to an aromatic ring is 1. The maximum absolute atomic E-state index is 5.93. The monoisotopic (exact) mass is 250 g/mol. The Morgan fingerprint density at radius 2 is 1.53 bits per heavy atom. The topological polar surface area (TPSA) is 63.8 Å². The van der Waals surface area contributed by atoms with Crippen LogP contribution in [0.2, 0.25) is 0 Å². The number of rotatable bonds is 2. The van der Waals surface area contributed by atoms with Crippen molar-refractivity contribution < 1.29 is 0 Å². The molecule has 0 atom stereocenters. The number of para-hydroxylation sites is 2. The molecule has 0 radical (unpaired) electrons. The summed E-state index contributed by atoms with van der Waals surface area (Å²) in [6.45, 7) is 2.05. The van der Waals surface area contributed by atoms with Gasteiger partial charge in [-0.25, -0.2) is 9.97 Å². The van der Waals surface area contributed by atoms with Crippen molar-refractivity contribution in [3.05, 3.63) is 54.1 Å². The quantitative estimate of drug-likeness (QED) is 0.732. The van der Waals surface area contributed by atoms with Crippen LogP contribution in [0.3, 0.4) is 0 Å². The third-order valence-corrected chi connectivity index (χ3v) is 2.91. The Labute approximate surface area is 111 Å². The number of fused-ring (bicyclic) bond motifs is 1. The Morgan fingerprint density at radius 3 is 2.21 bits per heavy atom. The number of aryl methyl sites for hydroxylation is 1. The van der Waals surface area contributed by atoms with Gasteiger partial charge in [0.15, 0.2) is 11.6 Å². The molecule has 0 unspecified atom stereocenters. The zero-order valence-corrected chi connectivity index (χ0v) is 10.6. The fourth-order valence-electron chi connectivity index (χ4n) is 1.88. The Bertz CT molecular complexity index is 720. The lowest BCUT2D eigenvalue weighted by Gasteiger charge is -2.09. The van der Waals surface area contributed by atoms with Crippen molar-refractivity contribution in [2.75, 3.05) is 11.1 Å². The van der Waals surface area contributed by atoms with E-state index in [1.165, 1.54) is 5.56 Å². The van der Waals surface area contributed by atoms with Crippen molar-refractivity contribution in [1.82, 2.24) is 9.97 Å². The number of nitrogens with zero attached hydrogens (tertiary/aromatic N) is 2. The fraction of sp³-hybridized carbons (Fsp3) is 0.0667. The van der Waals surface area contributed by atoms with Crippen LogP contribution in [0.25, 0.3) is 11.0 Å². The molecule has 1 aromatic heterocycles. The predicted octanol–water partition coefficient (Wildman–Crippen LogP) is 3.26. The molecule has 94 valence electrons. The third kappa shape index (κ3) is 2.33. The second-order valence-electron chi connectivity index (χ2n) is 4.44. The zero-order valence-electron chi connectivity index (χ0n) is 10.6. The Morgan fingerprint density at radius 1 is 0.895 bits per heavy atom. The molecule has 0 saturated heterocycles. The molecule has 4 heteroatoms. The second-order valence-corrected chi connectivity index (χ2v) is 4.44. The van der Waals surface area contributed by atoms with Crippen molar-refractivity contribution >= 4 is 28.4 Å². The van der Waals surface area contributed by atoms with E-state index in [0.717, 1.165) is 16.7 Å². The molecule has 0 aliphatic carbocycles. The number of aromatic nitrogens is 2. The number of hydrogen-bond acceptors (Lipinski definition) is 4. The van der Waals surface area contributed by atoms with Gasteiger partial charge in [-0.05, 0) is 31.2 Å². The number of nitrogens with one attached hydrogen (secondary N) is 1. The molecule has 0 aliphatic heterocycles. The molecular formula is C15H14N4. The predicted molar refractivity (Wildman–Crippen MR) is 78.4 cm³/mol. The first-order valence-corrected chi connectivity index (χ1v) is 6.08. The summed E-state index contributed by atoms with van der Waals surface area (Å²) in [5.74, 6) is 0.988. The molecule has 0 bridgehead atoms. The molecule has 3 aromatic rings. The summed E-state index contributed by atoms with van der Waals surface area (Å²) in [6.07, 6.45) is 0. The van der Waals surface area contributed by atoms with E-state index in [1.807, 2.05) is 55.5 Å². The summed E-state index contributed by atoms with van der Waals surface area (Å²) in [6, 6.07) is 15.7. The fourth-order valence-corrected chi connectivity index (χ4v) is 1.88. The van der Waals surface area contributed by atoms with E-state index in [4.69, 9.17) is 5.73 Å². The van der Waals surface area contributed by atoms with E-state index in [9.17, 15) is 0 Å². The van der Waals surface area contributed by atoms with Crippen LogP contribution in [-0.4, -0.2) is 9.97 Å². The summed E-state index contributed by atoms with van der Waals surface area (Å²) < 4.78 is 0. The first-order chi connectivity index (χ1) is 9.22. The van der Waals surface area contributed by atoms with Crippen LogP contribution in [0.1, 0.15) is 5.56 Å². The highest BCUT2D eigenvalue weighted by molar-refractivity contribution is 5.80. The normalized spacial score (nSPS) is 10.6. The number of hydrogen-bond donors (Lipinski definition) is 2. The molecule has 19 heavy (non-hydrogen) atoms. The van der Waals surface area contributed by atoms with Gasteiger partial charge in [0.05, 0.1) is 11.0 Å². The standard InChI is InChI=1S/C15H14N4/c1-10-6-8-11(9-7-10)17-15-14(16)18-12-4-2-3-5-13(12)19-15/h2-9H,1H3,(H2,16,18)(H,17,19). The Hall–Kier alpha value is -2.62. The average Bonchev–Trinajstić information content (AvgIpc) is 2.42. The smallest absolute Gasteiger partial charge is 0.174 e. The van der Waals surface area contributed by atoms with E-state index in [0.29, 0.717) is 11.6 Å². The Balaban J connectivity index is 2.00. The molecule has 0 saturated carbocycles. The summed E-state index contributed by atoms with van der Waals surface area (Å²) >= 11 is 0. The first-order valence-electron chi connectivity index (χ1n) is 6.08. The summed E-state index contributed by atoms with van der Waals surface area (Å²) in [5, 5.41) is 3.19. The number of nitrogens with two attached hydrogens (primary N) is 1. The molecule has 2 aromatic carbocycles. The van der Waals surface area contributed by atoms with Crippen LogP contribution in [0, 0.1) is 6.92 Å². The highest BCUT2D eigenvalue weighted by Gasteiger charge is 2.05. The highest BCUT2D eigenvalue weighted by Crippen LogP contribution is 2.22. The molecule has 0 fully saturated rings. The second kappa shape index (κ2) is 4.57. The molecule has 1 heterocycles. The lowest BCUT2D eigenvalue weighted by molar-refractivity contribution is 1.29. The van der Waals surface area contributed by atoms with Crippen molar-refractivity contribution in [3.63, 3.8) is 0 Å². The number of anilines is 3. The molecule has 0 spiro atoms. The van der Waals surface area contributed by atoms with Crippen LogP contribution >= 0.6 is 0 Å². The largest absolute Gasteiger partial charge is 0.381 e. The number of benzene rings is 2. The van der Waals surface area contributed by atoms with Gasteiger partial charge in [-0.15, -0.1) is 0 Å². The zero-order chi connectivity index (χ0) is 13.2. The van der Waals surface area contributed by atoms with Gasteiger partial charge < -0.3 is 11.1 Å². The average molecular weight is 250 g/mol. The minimum atomic E-state index is 0.402. The van der Waals surface area contributed by atoms with E-state index in [1.54, 1.807) is 0 Å². The van der Waals surface area contributed by atoms with Gasteiger partial charge in [0, 0.05) is 5.69 Å². The summed E-state index contributed by atoms with van der Waals surface area (Å²) in [4.78, 5) is 8.84. The maximum atomic E-state index is 5.93. The summed E-state index contributed by atoms with van der Waals surface area (Å²) in [7, 11) is 0. The van der Waals surface area contributed by atoms with Gasteiger partial charge >= 0.3 is 0 Å². The highest BCUT2D eigenvalue weighted by atomic mass is 15.1. The Kier molecular flexibility index (Phi) is 2.76. The van der Waals surface area contributed by atoms with Gasteiger partial charge in [0.1, 0.15) is 0 Å². The van der Waals surface area contributed by atoms with E-state index < -0.39 is 0 Å². The lowest BCUT2D eigenvalue weighted by atomic mass is 10.2. The van der Waals surface area contributed by atoms with Gasteiger partial charge in [-0.1, -0.05) is 29.8 Å². The van der Waals surface area contributed by atoms with Gasteiger partial charge in [-0.2, -0.15) is 0 Å². The molecule has 0 aliphatic rings. The van der Waals surface area contributed by atoms with Gasteiger partial charge in [0.25, 0.3) is 0 Å². The first kappa shape index (κ1) is 11.5. The van der Waals surface area contributed by atoms with Crippen LogP contribution in [0.15, 0.2) is 48.5 Å². The van der Waals surface area contributed by atoms with Gasteiger partial charge in [-0.3, -0.25) is 0 Å². The van der Waals surface area contributed by atoms with E-state index in [-0.39, 0.29) is 0 Å². The van der Waals surface area contributed by atoms with Crippen molar-refractivity contribution in [1.29, 1.82) is 0 Å². The lowest BCUT2D eigenvalue weighted by Crippen LogP contribution is -2.02. The van der Waals surface area contributed by atoms with E-state index in [2.05, 4.69) is 15.3 Å². The van der Waals surface area contributed by atoms with Crippen LogP contribution in [0.5, 0.6) is 0 Å². The minimum Gasteiger partial charge on any atom is -0.381 e. The molecule has 0 amide bonds. The maximum Gasteiger partial charge on any atom is 0.174 e. The molecule has 3 rings (SSSR count).